The third-order valence-corrected chi connectivity index (χ3v) is 6.52. The van der Waals surface area contributed by atoms with Crippen molar-refractivity contribution >= 4 is 12.0 Å². The predicted molar refractivity (Wildman–Crippen MR) is 101 cm³/mol. The molecule has 2 amide bonds. The summed E-state index contributed by atoms with van der Waals surface area (Å²) in [5, 5.41) is 3.28. The summed E-state index contributed by atoms with van der Waals surface area (Å²) in [6.07, 6.45) is 8.39. The summed E-state index contributed by atoms with van der Waals surface area (Å²) in [5.74, 6) is 0.437. The summed E-state index contributed by atoms with van der Waals surface area (Å²) >= 11 is 0. The lowest BCUT2D eigenvalue weighted by atomic mass is 9.78. The van der Waals surface area contributed by atoms with Crippen molar-refractivity contribution < 1.29 is 14.3 Å². The van der Waals surface area contributed by atoms with E-state index in [0.29, 0.717) is 12.6 Å². The van der Waals surface area contributed by atoms with Crippen LogP contribution in [0.5, 0.6) is 0 Å². The van der Waals surface area contributed by atoms with Crippen LogP contribution in [0.2, 0.25) is 0 Å². The van der Waals surface area contributed by atoms with Gasteiger partial charge in [0.2, 0.25) is 5.91 Å². The van der Waals surface area contributed by atoms with Gasteiger partial charge >= 0.3 is 6.09 Å². The number of ether oxygens (including phenoxy) is 1. The van der Waals surface area contributed by atoms with Crippen LogP contribution in [0.1, 0.15) is 65.2 Å². The maximum atomic E-state index is 12.5. The van der Waals surface area contributed by atoms with E-state index in [1.807, 2.05) is 11.8 Å². The number of piperidine rings is 1. The maximum Gasteiger partial charge on any atom is 0.409 e. The van der Waals surface area contributed by atoms with Gasteiger partial charge in [-0.1, -0.05) is 0 Å². The zero-order valence-corrected chi connectivity index (χ0v) is 16.5. The lowest BCUT2D eigenvalue weighted by Crippen LogP contribution is -2.54. The summed E-state index contributed by atoms with van der Waals surface area (Å²) in [5.41, 5.74) is 0.0616. The van der Waals surface area contributed by atoms with Crippen LogP contribution in [0.4, 0.5) is 4.79 Å². The second-order valence-electron chi connectivity index (χ2n) is 8.48. The van der Waals surface area contributed by atoms with Gasteiger partial charge in [-0.2, -0.15) is 0 Å². The van der Waals surface area contributed by atoms with Gasteiger partial charge in [0.05, 0.1) is 6.61 Å². The highest BCUT2D eigenvalue weighted by Crippen LogP contribution is 2.32. The molecule has 148 valence electrons. The summed E-state index contributed by atoms with van der Waals surface area (Å²) < 4.78 is 5.14. The Bertz CT molecular complexity index is 499. The smallest absolute Gasteiger partial charge is 0.409 e. The first-order valence-electron chi connectivity index (χ1n) is 10.5. The Balaban J connectivity index is 1.43. The van der Waals surface area contributed by atoms with E-state index in [0.717, 1.165) is 71.1 Å². The van der Waals surface area contributed by atoms with E-state index in [1.54, 1.807) is 0 Å². The van der Waals surface area contributed by atoms with Gasteiger partial charge in [-0.3, -0.25) is 4.79 Å². The fraction of sp³-hybridized carbons (Fsp3) is 0.900. The van der Waals surface area contributed by atoms with Gasteiger partial charge in [-0.05, 0) is 78.3 Å². The number of hydrogen-bond donors (Lipinski definition) is 1. The first kappa shape index (κ1) is 19.5. The van der Waals surface area contributed by atoms with Crippen molar-refractivity contribution in [3.63, 3.8) is 0 Å². The molecule has 0 spiro atoms. The third-order valence-electron chi connectivity index (χ3n) is 6.52. The summed E-state index contributed by atoms with van der Waals surface area (Å²) in [6, 6.07) is 0.530. The van der Waals surface area contributed by atoms with Gasteiger partial charge in [0.1, 0.15) is 0 Å². The molecule has 2 heterocycles. The van der Waals surface area contributed by atoms with Crippen molar-refractivity contribution in [2.24, 2.45) is 5.92 Å². The number of amides is 2. The van der Waals surface area contributed by atoms with Crippen molar-refractivity contribution in [1.82, 2.24) is 15.1 Å². The Labute approximate surface area is 157 Å². The van der Waals surface area contributed by atoms with Crippen LogP contribution in [-0.4, -0.2) is 66.2 Å². The van der Waals surface area contributed by atoms with E-state index in [4.69, 9.17) is 4.74 Å². The van der Waals surface area contributed by atoms with E-state index in [1.165, 1.54) is 6.42 Å². The van der Waals surface area contributed by atoms with Crippen molar-refractivity contribution in [2.45, 2.75) is 76.8 Å². The summed E-state index contributed by atoms with van der Waals surface area (Å²) in [7, 11) is 0. The largest absolute Gasteiger partial charge is 0.450 e. The Morgan fingerprint density at radius 2 is 1.77 bits per heavy atom. The van der Waals surface area contributed by atoms with Crippen LogP contribution < -0.4 is 5.32 Å². The minimum Gasteiger partial charge on any atom is -0.450 e. The predicted octanol–water partition coefficient (Wildman–Crippen LogP) is 2.77. The Morgan fingerprint density at radius 1 is 1.04 bits per heavy atom. The number of likely N-dealkylation sites (tertiary alicyclic amines) is 2. The summed E-state index contributed by atoms with van der Waals surface area (Å²) in [4.78, 5) is 28.9. The molecule has 1 N–H and O–H groups in total. The zero-order valence-electron chi connectivity index (χ0n) is 16.5. The van der Waals surface area contributed by atoms with Gasteiger partial charge in [0.25, 0.3) is 0 Å². The molecule has 3 aliphatic rings. The van der Waals surface area contributed by atoms with Gasteiger partial charge in [-0.25, -0.2) is 4.79 Å². The fourth-order valence-electron chi connectivity index (χ4n) is 4.60. The average molecular weight is 366 g/mol. The summed E-state index contributed by atoms with van der Waals surface area (Å²) in [6.45, 7) is 8.04. The van der Waals surface area contributed by atoms with Crippen LogP contribution in [0.25, 0.3) is 0 Å². The molecule has 3 rings (SSSR count). The zero-order chi connectivity index (χ0) is 18.6. The highest BCUT2D eigenvalue weighted by molar-refractivity contribution is 5.79. The molecule has 1 aliphatic carbocycles. The molecule has 0 bridgehead atoms. The molecular formula is C20H35N3O3. The first-order valence-corrected chi connectivity index (χ1v) is 10.5. The Kier molecular flexibility index (Phi) is 6.43. The van der Waals surface area contributed by atoms with Crippen LogP contribution in [0.3, 0.4) is 0 Å². The first-order chi connectivity index (χ1) is 12.5. The van der Waals surface area contributed by atoms with E-state index >= 15 is 0 Å². The normalized spacial score (nSPS) is 27.3. The highest BCUT2D eigenvalue weighted by Gasteiger charge is 2.36. The monoisotopic (exact) mass is 365 g/mol. The molecule has 0 radical (unpaired) electrons. The van der Waals surface area contributed by atoms with Crippen LogP contribution in [-0.2, 0) is 9.53 Å². The van der Waals surface area contributed by atoms with Crippen LogP contribution in [0.15, 0.2) is 0 Å². The number of nitrogens with one attached hydrogen (secondary N) is 1. The Hall–Kier alpha value is -1.30. The molecule has 1 atom stereocenters. The molecule has 1 saturated carbocycles. The van der Waals surface area contributed by atoms with Crippen LogP contribution in [0, 0.1) is 5.92 Å². The second kappa shape index (κ2) is 8.59. The number of carbonyl (C=O) groups excluding carboxylic acids is 2. The molecule has 6 heteroatoms. The van der Waals surface area contributed by atoms with Crippen LogP contribution >= 0.6 is 0 Å². The van der Waals surface area contributed by atoms with Crippen molar-refractivity contribution in [1.29, 1.82) is 0 Å². The van der Waals surface area contributed by atoms with E-state index in [-0.39, 0.29) is 23.5 Å². The lowest BCUT2D eigenvalue weighted by molar-refractivity contribution is -0.129. The van der Waals surface area contributed by atoms with Gasteiger partial charge in [0, 0.05) is 30.6 Å². The van der Waals surface area contributed by atoms with Gasteiger partial charge in [0.15, 0.2) is 0 Å². The minimum atomic E-state index is -0.173. The van der Waals surface area contributed by atoms with Gasteiger partial charge < -0.3 is 19.9 Å². The fourth-order valence-corrected chi connectivity index (χ4v) is 4.60. The number of nitrogens with zero attached hydrogens (tertiary/aromatic N) is 2. The molecule has 0 aromatic carbocycles. The van der Waals surface area contributed by atoms with E-state index < -0.39 is 0 Å². The molecule has 26 heavy (non-hydrogen) atoms. The molecule has 0 unspecified atom stereocenters. The van der Waals surface area contributed by atoms with Gasteiger partial charge in [-0.15, -0.1) is 0 Å². The molecule has 2 aliphatic heterocycles. The number of carbonyl (C=O) groups is 2. The van der Waals surface area contributed by atoms with E-state index in [2.05, 4.69) is 17.1 Å². The third kappa shape index (κ3) is 4.70. The number of rotatable bonds is 4. The quantitative estimate of drug-likeness (QED) is 0.832. The van der Waals surface area contributed by atoms with Crippen molar-refractivity contribution in [2.75, 3.05) is 32.8 Å². The van der Waals surface area contributed by atoms with Crippen molar-refractivity contribution in [3.8, 4) is 0 Å². The average Bonchev–Trinajstić information content (AvgIpc) is 2.87. The lowest BCUT2D eigenvalue weighted by Gasteiger charge is -2.42. The number of hydrogen-bond acceptors (Lipinski definition) is 4. The molecular weight excluding hydrogens is 330 g/mol. The minimum absolute atomic E-state index is 0.0616. The topological polar surface area (TPSA) is 61.9 Å². The standard InChI is InChI=1S/C20H35N3O3/c1-3-26-19(25)23-12-4-6-17(9-15-23)22-13-7-16(8-14-22)18(24)21-20(2)10-5-11-20/h16-17H,3-15H2,1-2H3,(H,21,24)/t17-/m1/s1. The molecule has 0 aromatic heterocycles. The second-order valence-corrected chi connectivity index (χ2v) is 8.48. The Morgan fingerprint density at radius 3 is 2.38 bits per heavy atom. The molecule has 6 nitrogen and oxygen atoms in total. The highest BCUT2D eigenvalue weighted by atomic mass is 16.6. The maximum absolute atomic E-state index is 12.5. The van der Waals surface area contributed by atoms with Crippen molar-refractivity contribution in [3.05, 3.63) is 0 Å². The van der Waals surface area contributed by atoms with E-state index in [9.17, 15) is 9.59 Å². The SMILES string of the molecule is CCOC(=O)N1CCC[C@@H](N2CCC(C(=O)NC3(C)CCC3)CC2)CC1. The molecule has 2 saturated heterocycles. The molecule has 3 fully saturated rings. The molecule has 0 aromatic rings.